The second-order valence-electron chi connectivity index (χ2n) is 4.55. The number of benzene rings is 1. The van der Waals surface area contributed by atoms with E-state index in [-0.39, 0.29) is 17.4 Å². The number of amides is 1. The topological polar surface area (TPSA) is 81.9 Å². The molecule has 0 unspecified atom stereocenters. The molecule has 24 heavy (non-hydrogen) atoms. The molecule has 1 amide bonds. The van der Waals surface area contributed by atoms with Crippen LogP contribution in [0.15, 0.2) is 29.4 Å². The van der Waals surface area contributed by atoms with Gasteiger partial charge in [-0.25, -0.2) is 0 Å². The number of rotatable bonds is 7. The van der Waals surface area contributed by atoms with E-state index in [0.717, 1.165) is 30.3 Å². The van der Waals surface area contributed by atoms with Gasteiger partial charge < -0.3 is 10.1 Å². The summed E-state index contributed by atoms with van der Waals surface area (Å²) in [4.78, 5) is 11.6. The third-order valence-electron chi connectivity index (χ3n) is 2.66. The van der Waals surface area contributed by atoms with Gasteiger partial charge in [-0.05, 0) is 41.1 Å². The number of ether oxygens (including phenoxy) is 1. The van der Waals surface area contributed by atoms with Crippen molar-refractivity contribution in [1.29, 1.82) is 0 Å². The van der Waals surface area contributed by atoms with Crippen molar-refractivity contribution >= 4 is 17.7 Å². The van der Waals surface area contributed by atoms with Crippen molar-refractivity contribution in [3.63, 3.8) is 0 Å². The first-order valence-electron chi connectivity index (χ1n) is 6.93. The van der Waals surface area contributed by atoms with Crippen LogP contribution in [0.1, 0.15) is 13.3 Å². The van der Waals surface area contributed by atoms with Gasteiger partial charge in [0.05, 0.1) is 11.4 Å². The Morgan fingerprint density at radius 3 is 2.67 bits per heavy atom. The normalized spacial score (nSPS) is 11.3. The molecule has 0 atom stereocenters. The summed E-state index contributed by atoms with van der Waals surface area (Å²) in [6, 6.07) is 5.09. The molecule has 7 nitrogen and oxygen atoms in total. The van der Waals surface area contributed by atoms with Crippen LogP contribution in [-0.2, 0) is 4.79 Å². The molecule has 0 bridgehead atoms. The number of halogens is 3. The Morgan fingerprint density at radius 2 is 2.04 bits per heavy atom. The lowest BCUT2D eigenvalue weighted by Crippen LogP contribution is -2.25. The minimum Gasteiger partial charge on any atom is -0.406 e. The van der Waals surface area contributed by atoms with Gasteiger partial charge in [-0.15, -0.1) is 18.3 Å². The molecule has 1 heterocycles. The average molecular weight is 361 g/mol. The highest BCUT2D eigenvalue weighted by Gasteiger charge is 2.31. The summed E-state index contributed by atoms with van der Waals surface area (Å²) < 4.78 is 41.6. The second-order valence-corrected chi connectivity index (χ2v) is 5.50. The first kappa shape index (κ1) is 18.0. The Labute approximate surface area is 139 Å². The van der Waals surface area contributed by atoms with Crippen molar-refractivity contribution in [2.24, 2.45) is 0 Å². The first-order valence-corrected chi connectivity index (χ1v) is 7.91. The minimum atomic E-state index is -4.75. The standard InChI is InChI=1S/C13H14F3N5O2S/c1-2-7-17-11(22)8-24-12-18-19-20-21(12)9-3-5-10(6-4-9)23-13(14,15)16/h3-6H,2,7-8H2,1H3,(H,17,22). The summed E-state index contributed by atoms with van der Waals surface area (Å²) in [5.74, 6) is -0.354. The molecule has 0 aliphatic carbocycles. The summed E-state index contributed by atoms with van der Waals surface area (Å²) in [7, 11) is 0. The summed E-state index contributed by atoms with van der Waals surface area (Å²) in [6.07, 6.45) is -3.91. The second kappa shape index (κ2) is 7.99. The maximum Gasteiger partial charge on any atom is 0.573 e. The molecule has 2 rings (SSSR count). The highest BCUT2D eigenvalue weighted by molar-refractivity contribution is 7.99. The number of carbonyl (C=O) groups excluding carboxylic acids is 1. The van der Waals surface area contributed by atoms with E-state index in [4.69, 9.17) is 0 Å². The van der Waals surface area contributed by atoms with Gasteiger partial charge in [0, 0.05) is 6.54 Å². The third-order valence-corrected chi connectivity index (χ3v) is 3.58. The van der Waals surface area contributed by atoms with E-state index >= 15 is 0 Å². The van der Waals surface area contributed by atoms with Gasteiger partial charge >= 0.3 is 6.36 Å². The molecule has 0 spiro atoms. The molecule has 0 aliphatic rings. The summed E-state index contributed by atoms with van der Waals surface area (Å²) in [5, 5.41) is 14.2. The first-order chi connectivity index (χ1) is 11.4. The largest absolute Gasteiger partial charge is 0.573 e. The number of thioether (sulfide) groups is 1. The van der Waals surface area contributed by atoms with E-state index in [1.807, 2.05) is 6.92 Å². The van der Waals surface area contributed by atoms with Crippen molar-refractivity contribution in [1.82, 2.24) is 25.5 Å². The number of nitrogens with one attached hydrogen (secondary N) is 1. The highest BCUT2D eigenvalue weighted by atomic mass is 32.2. The van der Waals surface area contributed by atoms with Gasteiger partial charge in [0.15, 0.2) is 0 Å². The van der Waals surface area contributed by atoms with Crippen molar-refractivity contribution in [3.05, 3.63) is 24.3 Å². The third kappa shape index (κ3) is 5.41. The fraction of sp³-hybridized carbons (Fsp3) is 0.385. The van der Waals surface area contributed by atoms with Crippen molar-refractivity contribution < 1.29 is 22.7 Å². The SMILES string of the molecule is CCCNC(=O)CSc1nnnn1-c1ccc(OC(F)(F)F)cc1. The predicted molar refractivity (Wildman–Crippen MR) is 79.9 cm³/mol. The molecular weight excluding hydrogens is 347 g/mol. The fourth-order valence-corrected chi connectivity index (χ4v) is 2.39. The van der Waals surface area contributed by atoms with Gasteiger partial charge in [0.2, 0.25) is 11.1 Å². The number of tetrazole rings is 1. The number of hydrogen-bond acceptors (Lipinski definition) is 6. The van der Waals surface area contributed by atoms with Crippen LogP contribution in [0.4, 0.5) is 13.2 Å². The van der Waals surface area contributed by atoms with Crippen LogP contribution in [0.3, 0.4) is 0 Å². The summed E-state index contributed by atoms with van der Waals surface area (Å²) in [6.45, 7) is 2.53. The van der Waals surface area contributed by atoms with Crippen molar-refractivity contribution in [2.45, 2.75) is 24.9 Å². The zero-order chi connectivity index (χ0) is 17.6. The molecule has 1 aromatic carbocycles. The number of alkyl halides is 3. The van der Waals surface area contributed by atoms with E-state index < -0.39 is 6.36 Å². The van der Waals surface area contributed by atoms with E-state index in [2.05, 4.69) is 25.6 Å². The number of carbonyl (C=O) groups is 1. The Balaban J connectivity index is 2.03. The van der Waals surface area contributed by atoms with Gasteiger partial charge in [0.25, 0.3) is 0 Å². The Kier molecular flexibility index (Phi) is 6.01. The molecule has 2 aromatic rings. The molecule has 1 aromatic heterocycles. The minimum absolute atomic E-state index is 0.135. The molecule has 0 radical (unpaired) electrons. The van der Waals surface area contributed by atoms with Crippen LogP contribution in [-0.4, -0.2) is 44.8 Å². The number of nitrogens with zero attached hydrogens (tertiary/aromatic N) is 4. The molecule has 0 aliphatic heterocycles. The van der Waals surface area contributed by atoms with Gasteiger partial charge in [-0.3, -0.25) is 4.79 Å². The summed E-state index contributed by atoms with van der Waals surface area (Å²) in [5.41, 5.74) is 0.450. The lowest BCUT2D eigenvalue weighted by Gasteiger charge is -2.09. The van der Waals surface area contributed by atoms with E-state index in [1.54, 1.807) is 0 Å². The maximum atomic E-state index is 12.1. The van der Waals surface area contributed by atoms with Crippen molar-refractivity contribution in [2.75, 3.05) is 12.3 Å². The van der Waals surface area contributed by atoms with Gasteiger partial charge in [-0.2, -0.15) is 4.68 Å². The van der Waals surface area contributed by atoms with Crippen LogP contribution >= 0.6 is 11.8 Å². The average Bonchev–Trinajstić information content (AvgIpc) is 2.98. The molecule has 11 heteroatoms. The van der Waals surface area contributed by atoms with Crippen molar-refractivity contribution in [3.8, 4) is 11.4 Å². The Bertz CT molecular complexity index is 675. The van der Waals surface area contributed by atoms with E-state index in [9.17, 15) is 18.0 Å². The maximum absolute atomic E-state index is 12.1. The van der Waals surface area contributed by atoms with Gasteiger partial charge in [0.1, 0.15) is 5.75 Å². The molecule has 0 saturated heterocycles. The lowest BCUT2D eigenvalue weighted by molar-refractivity contribution is -0.274. The lowest BCUT2D eigenvalue weighted by atomic mass is 10.3. The molecular formula is C13H14F3N5O2S. The fourth-order valence-electron chi connectivity index (χ4n) is 1.67. The van der Waals surface area contributed by atoms with Crippen LogP contribution in [0.2, 0.25) is 0 Å². The molecule has 1 N–H and O–H groups in total. The van der Waals surface area contributed by atoms with Crippen LogP contribution < -0.4 is 10.1 Å². The number of hydrogen-bond donors (Lipinski definition) is 1. The predicted octanol–water partition coefficient (Wildman–Crippen LogP) is 2.18. The van der Waals surface area contributed by atoms with Crippen LogP contribution in [0.25, 0.3) is 5.69 Å². The van der Waals surface area contributed by atoms with E-state index in [1.165, 1.54) is 16.8 Å². The van der Waals surface area contributed by atoms with Crippen LogP contribution in [0.5, 0.6) is 5.75 Å². The summed E-state index contributed by atoms with van der Waals surface area (Å²) >= 11 is 1.12. The zero-order valence-corrected chi connectivity index (χ0v) is 13.4. The highest BCUT2D eigenvalue weighted by Crippen LogP contribution is 2.24. The number of aromatic nitrogens is 4. The smallest absolute Gasteiger partial charge is 0.406 e. The Hall–Kier alpha value is -2.30. The zero-order valence-electron chi connectivity index (χ0n) is 12.6. The molecule has 130 valence electrons. The van der Waals surface area contributed by atoms with E-state index in [0.29, 0.717) is 17.4 Å². The monoisotopic (exact) mass is 361 g/mol. The molecule has 0 fully saturated rings. The quantitative estimate of drug-likeness (QED) is 0.762. The Morgan fingerprint density at radius 1 is 1.33 bits per heavy atom. The van der Waals surface area contributed by atoms with Gasteiger partial charge in [-0.1, -0.05) is 18.7 Å². The van der Waals surface area contributed by atoms with Crippen LogP contribution in [0, 0.1) is 0 Å². The molecule has 0 saturated carbocycles.